The van der Waals surface area contributed by atoms with Crippen molar-refractivity contribution in [1.82, 2.24) is 9.69 Å². The van der Waals surface area contributed by atoms with Crippen LogP contribution in [0.25, 0.3) is 11.3 Å². The first-order chi connectivity index (χ1) is 15.2. The number of nitrogens with zero attached hydrogens (tertiary/aromatic N) is 1. The second-order valence-electron chi connectivity index (χ2n) is 7.59. The van der Waals surface area contributed by atoms with Crippen LogP contribution in [0.4, 0.5) is 0 Å². The summed E-state index contributed by atoms with van der Waals surface area (Å²) in [6.07, 6.45) is 4.27. The first kappa shape index (κ1) is 22.0. The van der Waals surface area contributed by atoms with Gasteiger partial charge >= 0.3 is 0 Å². The average molecular weight is 501 g/mol. The van der Waals surface area contributed by atoms with Crippen molar-refractivity contribution in [1.29, 1.82) is 0 Å². The molecule has 0 aliphatic carbocycles. The minimum absolute atomic E-state index is 0.000105. The van der Waals surface area contributed by atoms with Gasteiger partial charge in [0.2, 0.25) is 0 Å². The van der Waals surface area contributed by atoms with E-state index < -0.39 is 0 Å². The summed E-state index contributed by atoms with van der Waals surface area (Å²) in [6.45, 7) is 1.34. The Morgan fingerprint density at radius 2 is 1.97 bits per heavy atom. The lowest BCUT2D eigenvalue weighted by molar-refractivity contribution is -0.124. The molecule has 1 aromatic heterocycles. The minimum Gasteiger partial charge on any atom is -0.484 e. The summed E-state index contributed by atoms with van der Waals surface area (Å²) in [4.78, 5) is 13.2. The summed E-state index contributed by atoms with van der Waals surface area (Å²) in [6, 6.07) is 18.2. The van der Waals surface area contributed by atoms with Crippen LogP contribution >= 0.6 is 27.5 Å². The molecule has 1 unspecified atom stereocenters. The summed E-state index contributed by atoms with van der Waals surface area (Å²) in [5, 5.41) is 2.89. The maximum Gasteiger partial charge on any atom is 0.258 e. The standard InChI is InChI=1S/C24H25BrN2O3S/c25-19-8-4-17(5-9-19)13-22-14-23(27-31-22)18-6-10-20(11-7-18)30-16-24(28)26-15-21-3-1-2-12-29-21/h4-11,14,21H,1-3,12-13,15-16H2,(H,26,28). The van der Waals surface area contributed by atoms with Gasteiger partial charge in [0.15, 0.2) is 6.61 Å². The van der Waals surface area contributed by atoms with E-state index in [0.717, 1.165) is 48.0 Å². The van der Waals surface area contributed by atoms with Crippen molar-refractivity contribution in [2.45, 2.75) is 31.8 Å². The second-order valence-corrected chi connectivity index (χ2v) is 9.39. The molecular formula is C24H25BrN2O3S. The smallest absolute Gasteiger partial charge is 0.258 e. The largest absolute Gasteiger partial charge is 0.484 e. The number of amides is 1. The normalized spacial score (nSPS) is 16.1. The molecule has 0 saturated carbocycles. The Bertz CT molecular complexity index is 983. The Kier molecular flexibility index (Phi) is 7.72. The van der Waals surface area contributed by atoms with Crippen LogP contribution in [-0.4, -0.2) is 36.1 Å². The van der Waals surface area contributed by atoms with Crippen LogP contribution in [0.2, 0.25) is 0 Å². The van der Waals surface area contributed by atoms with E-state index in [1.807, 2.05) is 24.3 Å². The molecule has 0 radical (unpaired) electrons. The molecule has 1 aliphatic rings. The van der Waals surface area contributed by atoms with Crippen LogP contribution in [0, 0.1) is 0 Å². The predicted octanol–water partition coefficient (Wildman–Crippen LogP) is 5.23. The molecule has 0 bridgehead atoms. The molecule has 1 atom stereocenters. The minimum atomic E-state index is -0.129. The molecule has 2 heterocycles. The van der Waals surface area contributed by atoms with Crippen molar-refractivity contribution in [3.8, 4) is 17.0 Å². The van der Waals surface area contributed by atoms with Crippen molar-refractivity contribution in [3.05, 3.63) is 69.5 Å². The monoisotopic (exact) mass is 500 g/mol. The topological polar surface area (TPSA) is 60.5 Å². The van der Waals surface area contributed by atoms with E-state index in [2.05, 4.69) is 56.0 Å². The van der Waals surface area contributed by atoms with E-state index in [-0.39, 0.29) is 18.6 Å². The van der Waals surface area contributed by atoms with Gasteiger partial charge in [-0.3, -0.25) is 4.79 Å². The summed E-state index contributed by atoms with van der Waals surface area (Å²) in [5.41, 5.74) is 3.24. The molecule has 1 saturated heterocycles. The number of aromatic nitrogens is 1. The SMILES string of the molecule is O=C(COc1ccc(-c2cc(Cc3ccc(Br)cc3)sn2)cc1)NCC1CCCCO1. The zero-order valence-electron chi connectivity index (χ0n) is 17.2. The first-order valence-corrected chi connectivity index (χ1v) is 12.0. The van der Waals surface area contributed by atoms with Gasteiger partial charge in [0.1, 0.15) is 5.75 Å². The lowest BCUT2D eigenvalue weighted by atomic mass is 10.1. The Morgan fingerprint density at radius 1 is 1.16 bits per heavy atom. The van der Waals surface area contributed by atoms with E-state index in [1.165, 1.54) is 22.0 Å². The summed E-state index contributed by atoms with van der Waals surface area (Å²) < 4.78 is 16.9. The van der Waals surface area contributed by atoms with Crippen LogP contribution in [0.15, 0.2) is 59.1 Å². The Hall–Kier alpha value is -2.22. The van der Waals surface area contributed by atoms with Gasteiger partial charge in [-0.05, 0) is 78.8 Å². The van der Waals surface area contributed by atoms with Crippen molar-refractivity contribution >= 4 is 33.4 Å². The van der Waals surface area contributed by atoms with Crippen molar-refractivity contribution in [2.24, 2.45) is 0 Å². The van der Waals surface area contributed by atoms with Gasteiger partial charge in [0.05, 0.1) is 11.8 Å². The van der Waals surface area contributed by atoms with Gasteiger partial charge in [-0.1, -0.05) is 28.1 Å². The molecule has 2 aromatic carbocycles. The first-order valence-electron chi connectivity index (χ1n) is 10.5. The van der Waals surface area contributed by atoms with Crippen LogP contribution in [0.1, 0.15) is 29.7 Å². The van der Waals surface area contributed by atoms with Gasteiger partial charge in [0, 0.05) is 34.5 Å². The third-order valence-corrected chi connectivity index (χ3v) is 6.48. The maximum absolute atomic E-state index is 12.0. The zero-order valence-corrected chi connectivity index (χ0v) is 19.6. The molecule has 5 nitrogen and oxygen atoms in total. The number of carbonyl (C=O) groups is 1. The highest BCUT2D eigenvalue weighted by atomic mass is 79.9. The molecule has 7 heteroatoms. The van der Waals surface area contributed by atoms with Gasteiger partial charge in [-0.25, -0.2) is 0 Å². The second kappa shape index (κ2) is 10.9. The quantitative estimate of drug-likeness (QED) is 0.460. The molecular weight excluding hydrogens is 476 g/mol. The molecule has 162 valence electrons. The van der Waals surface area contributed by atoms with Gasteiger partial charge < -0.3 is 14.8 Å². The number of carbonyl (C=O) groups excluding carboxylic acids is 1. The molecule has 3 aromatic rings. The third-order valence-electron chi connectivity index (χ3n) is 5.17. The van der Waals surface area contributed by atoms with Crippen LogP contribution in [-0.2, 0) is 16.0 Å². The van der Waals surface area contributed by atoms with E-state index in [4.69, 9.17) is 9.47 Å². The Balaban J connectivity index is 1.25. The van der Waals surface area contributed by atoms with E-state index >= 15 is 0 Å². The molecule has 1 N–H and O–H groups in total. The highest BCUT2D eigenvalue weighted by Crippen LogP contribution is 2.26. The summed E-state index contributed by atoms with van der Waals surface area (Å²) in [7, 11) is 0. The number of rotatable bonds is 8. The average Bonchev–Trinajstić information content (AvgIpc) is 3.27. The number of nitrogens with one attached hydrogen (secondary N) is 1. The Morgan fingerprint density at radius 3 is 2.71 bits per heavy atom. The fourth-order valence-electron chi connectivity index (χ4n) is 3.45. The molecule has 4 rings (SSSR count). The number of ether oxygens (including phenoxy) is 2. The number of hydrogen-bond acceptors (Lipinski definition) is 5. The molecule has 31 heavy (non-hydrogen) atoms. The lowest BCUT2D eigenvalue weighted by Crippen LogP contribution is -2.37. The highest BCUT2D eigenvalue weighted by Gasteiger charge is 2.15. The van der Waals surface area contributed by atoms with Gasteiger partial charge in [-0.2, -0.15) is 4.37 Å². The van der Waals surface area contributed by atoms with E-state index in [0.29, 0.717) is 12.3 Å². The fourth-order valence-corrected chi connectivity index (χ4v) is 4.49. The van der Waals surface area contributed by atoms with Gasteiger partial charge in [0.25, 0.3) is 5.91 Å². The highest BCUT2D eigenvalue weighted by molar-refractivity contribution is 9.10. The number of hydrogen-bond donors (Lipinski definition) is 1. The summed E-state index contributed by atoms with van der Waals surface area (Å²) >= 11 is 4.99. The van der Waals surface area contributed by atoms with Crippen molar-refractivity contribution in [3.63, 3.8) is 0 Å². The van der Waals surface area contributed by atoms with Gasteiger partial charge in [-0.15, -0.1) is 0 Å². The molecule has 1 amide bonds. The van der Waals surface area contributed by atoms with Crippen LogP contribution < -0.4 is 10.1 Å². The third kappa shape index (κ3) is 6.63. The van der Waals surface area contributed by atoms with E-state index in [9.17, 15) is 4.79 Å². The molecule has 1 aliphatic heterocycles. The fraction of sp³-hybridized carbons (Fsp3) is 0.333. The van der Waals surface area contributed by atoms with Crippen molar-refractivity contribution in [2.75, 3.05) is 19.8 Å². The molecule has 0 spiro atoms. The van der Waals surface area contributed by atoms with Crippen LogP contribution in [0.5, 0.6) is 5.75 Å². The van der Waals surface area contributed by atoms with Crippen molar-refractivity contribution < 1.29 is 14.3 Å². The summed E-state index contributed by atoms with van der Waals surface area (Å²) in [5.74, 6) is 0.536. The number of halogens is 1. The Labute approximate surface area is 195 Å². The zero-order chi connectivity index (χ0) is 21.5. The van der Waals surface area contributed by atoms with Crippen LogP contribution in [0.3, 0.4) is 0 Å². The molecule has 1 fully saturated rings. The maximum atomic E-state index is 12.0. The number of benzene rings is 2. The van der Waals surface area contributed by atoms with E-state index in [1.54, 1.807) is 0 Å². The predicted molar refractivity (Wildman–Crippen MR) is 127 cm³/mol. The lowest BCUT2D eigenvalue weighted by Gasteiger charge is -2.22.